The summed E-state index contributed by atoms with van der Waals surface area (Å²) in [6.07, 6.45) is 7.19. The summed E-state index contributed by atoms with van der Waals surface area (Å²) in [6.45, 7) is 0.595. The summed E-state index contributed by atoms with van der Waals surface area (Å²) in [5.74, 6) is 2.14. The topological polar surface area (TPSA) is 27.7 Å². The average Bonchev–Trinajstić information content (AvgIpc) is 2.47. The molecule has 1 aliphatic carbocycles. The van der Waals surface area contributed by atoms with Crippen LogP contribution in [0.25, 0.3) is 0 Å². The monoisotopic (exact) mass is 260 g/mol. The highest BCUT2D eigenvalue weighted by atomic mass is 16.5. The molecule has 1 atom stereocenters. The predicted molar refractivity (Wildman–Crippen MR) is 75.3 cm³/mol. The number of methoxy groups -OCH3 is 3. The van der Waals surface area contributed by atoms with Crippen molar-refractivity contribution in [2.45, 2.75) is 18.9 Å². The highest BCUT2D eigenvalue weighted by molar-refractivity contribution is 5.46. The van der Waals surface area contributed by atoms with Gasteiger partial charge in [-0.2, -0.15) is 0 Å². The third kappa shape index (κ3) is 2.99. The Morgan fingerprint density at radius 1 is 1.16 bits per heavy atom. The largest absolute Gasteiger partial charge is 0.497 e. The van der Waals surface area contributed by atoms with Gasteiger partial charge in [0.1, 0.15) is 11.5 Å². The number of hydrogen-bond donors (Lipinski definition) is 0. The number of allylic oxidation sites excluding steroid dienone is 3. The van der Waals surface area contributed by atoms with Crippen LogP contribution in [0.3, 0.4) is 0 Å². The first-order valence-electron chi connectivity index (χ1n) is 6.37. The highest BCUT2D eigenvalue weighted by Gasteiger charge is 2.19. The first-order chi connectivity index (χ1) is 9.30. The van der Waals surface area contributed by atoms with Crippen molar-refractivity contribution < 1.29 is 14.2 Å². The van der Waals surface area contributed by atoms with Crippen molar-refractivity contribution in [2.75, 3.05) is 21.3 Å². The normalized spacial score (nSPS) is 18.1. The van der Waals surface area contributed by atoms with Gasteiger partial charge in [-0.25, -0.2) is 0 Å². The zero-order valence-corrected chi connectivity index (χ0v) is 11.7. The number of benzene rings is 1. The first kappa shape index (κ1) is 13.7. The van der Waals surface area contributed by atoms with E-state index in [9.17, 15) is 0 Å². The number of ether oxygens (including phenoxy) is 3. The van der Waals surface area contributed by atoms with Crippen LogP contribution in [-0.2, 0) is 16.1 Å². The van der Waals surface area contributed by atoms with Crippen LogP contribution in [-0.4, -0.2) is 21.3 Å². The molecule has 2 rings (SSSR count). The summed E-state index contributed by atoms with van der Waals surface area (Å²) < 4.78 is 16.0. The predicted octanol–water partition coefficient (Wildman–Crippen LogP) is 3.42. The van der Waals surface area contributed by atoms with Crippen molar-refractivity contribution in [1.29, 1.82) is 0 Å². The zero-order chi connectivity index (χ0) is 13.7. The van der Waals surface area contributed by atoms with Crippen LogP contribution in [0.5, 0.6) is 5.75 Å². The molecule has 3 heteroatoms. The van der Waals surface area contributed by atoms with E-state index in [1.807, 2.05) is 18.2 Å². The maximum atomic E-state index is 5.50. The molecule has 102 valence electrons. The van der Waals surface area contributed by atoms with E-state index in [1.165, 1.54) is 11.1 Å². The Balaban J connectivity index is 2.33. The van der Waals surface area contributed by atoms with Crippen LogP contribution in [0, 0.1) is 0 Å². The molecule has 0 spiro atoms. The molecule has 0 radical (unpaired) electrons. The fraction of sp³-hybridized carbons (Fsp3) is 0.375. The molecule has 1 aliphatic rings. The fourth-order valence-electron chi connectivity index (χ4n) is 2.44. The Bertz CT molecular complexity index is 489. The summed E-state index contributed by atoms with van der Waals surface area (Å²) >= 11 is 0. The molecule has 3 nitrogen and oxygen atoms in total. The van der Waals surface area contributed by atoms with E-state index in [0.717, 1.165) is 17.9 Å². The lowest BCUT2D eigenvalue weighted by Crippen LogP contribution is -2.06. The van der Waals surface area contributed by atoms with Crippen molar-refractivity contribution >= 4 is 0 Å². The molecule has 0 fully saturated rings. The van der Waals surface area contributed by atoms with E-state index in [0.29, 0.717) is 12.5 Å². The lowest BCUT2D eigenvalue weighted by molar-refractivity contribution is 0.183. The van der Waals surface area contributed by atoms with E-state index < -0.39 is 0 Å². The second-order valence-electron chi connectivity index (χ2n) is 4.48. The van der Waals surface area contributed by atoms with Gasteiger partial charge in [-0.05, 0) is 30.2 Å². The maximum absolute atomic E-state index is 5.50. The lowest BCUT2D eigenvalue weighted by Gasteiger charge is -2.21. The zero-order valence-electron chi connectivity index (χ0n) is 11.7. The van der Waals surface area contributed by atoms with Crippen molar-refractivity contribution in [2.24, 2.45) is 0 Å². The third-order valence-corrected chi connectivity index (χ3v) is 3.35. The summed E-state index contributed by atoms with van der Waals surface area (Å²) in [7, 11) is 5.11. The second kappa shape index (κ2) is 6.43. The minimum atomic E-state index is 0.306. The number of rotatable bonds is 5. The van der Waals surface area contributed by atoms with Crippen LogP contribution in [0.1, 0.15) is 23.5 Å². The van der Waals surface area contributed by atoms with Gasteiger partial charge in [-0.1, -0.05) is 18.2 Å². The van der Waals surface area contributed by atoms with Gasteiger partial charge in [0.15, 0.2) is 0 Å². The van der Waals surface area contributed by atoms with Gasteiger partial charge < -0.3 is 14.2 Å². The number of hydrogen-bond acceptors (Lipinski definition) is 3. The minimum Gasteiger partial charge on any atom is -0.497 e. The third-order valence-electron chi connectivity index (χ3n) is 3.35. The van der Waals surface area contributed by atoms with E-state index in [-0.39, 0.29) is 0 Å². The quantitative estimate of drug-likeness (QED) is 0.812. The van der Waals surface area contributed by atoms with E-state index in [1.54, 1.807) is 21.3 Å². The molecule has 0 aliphatic heterocycles. The SMILES string of the molecule is COCc1cccc(OC)c1C1C=CC(OC)=CC1. The lowest BCUT2D eigenvalue weighted by atomic mass is 9.88. The molecule has 1 unspecified atom stereocenters. The van der Waals surface area contributed by atoms with Crippen molar-refractivity contribution in [1.82, 2.24) is 0 Å². The van der Waals surface area contributed by atoms with E-state index >= 15 is 0 Å². The Hall–Kier alpha value is -1.74. The van der Waals surface area contributed by atoms with Crippen LogP contribution in [0.4, 0.5) is 0 Å². The molecule has 1 aromatic rings. The van der Waals surface area contributed by atoms with Gasteiger partial charge in [0.25, 0.3) is 0 Å². The first-order valence-corrected chi connectivity index (χ1v) is 6.37. The van der Waals surface area contributed by atoms with Crippen molar-refractivity contribution in [3.8, 4) is 5.75 Å². The Labute approximate surface area is 114 Å². The summed E-state index contributed by atoms with van der Waals surface area (Å²) in [5, 5.41) is 0. The molecule has 0 aromatic heterocycles. The van der Waals surface area contributed by atoms with Crippen LogP contribution < -0.4 is 4.74 Å². The fourth-order valence-corrected chi connectivity index (χ4v) is 2.44. The molecule has 0 heterocycles. The summed E-state index contributed by atoms with van der Waals surface area (Å²) in [5.41, 5.74) is 2.38. The van der Waals surface area contributed by atoms with Gasteiger partial charge in [0, 0.05) is 18.6 Å². The molecule has 0 amide bonds. The van der Waals surface area contributed by atoms with Gasteiger partial charge in [0.05, 0.1) is 20.8 Å². The van der Waals surface area contributed by atoms with Gasteiger partial charge in [0.2, 0.25) is 0 Å². The van der Waals surface area contributed by atoms with E-state index in [4.69, 9.17) is 14.2 Å². The van der Waals surface area contributed by atoms with Crippen LogP contribution in [0.2, 0.25) is 0 Å². The molecule has 0 saturated heterocycles. The van der Waals surface area contributed by atoms with Crippen LogP contribution in [0.15, 0.2) is 42.2 Å². The molecule has 0 N–H and O–H groups in total. The minimum absolute atomic E-state index is 0.306. The van der Waals surface area contributed by atoms with Gasteiger partial charge in [-0.15, -0.1) is 0 Å². The highest BCUT2D eigenvalue weighted by Crippen LogP contribution is 2.36. The molecule has 0 saturated carbocycles. The molecular weight excluding hydrogens is 240 g/mol. The van der Waals surface area contributed by atoms with Gasteiger partial charge >= 0.3 is 0 Å². The van der Waals surface area contributed by atoms with Crippen LogP contribution >= 0.6 is 0 Å². The average molecular weight is 260 g/mol. The van der Waals surface area contributed by atoms with E-state index in [2.05, 4.69) is 18.2 Å². The maximum Gasteiger partial charge on any atom is 0.123 e. The second-order valence-corrected chi connectivity index (χ2v) is 4.48. The van der Waals surface area contributed by atoms with Crippen molar-refractivity contribution in [3.05, 3.63) is 53.3 Å². The molecule has 1 aromatic carbocycles. The standard InChI is InChI=1S/C16H20O3/c1-17-11-13-5-4-6-15(19-3)16(13)12-7-9-14(18-2)10-8-12/h4-7,9-10,12H,8,11H2,1-3H3. The Morgan fingerprint density at radius 3 is 2.58 bits per heavy atom. The molecule has 0 bridgehead atoms. The summed E-state index contributed by atoms with van der Waals surface area (Å²) in [4.78, 5) is 0. The molecular formula is C16H20O3. The summed E-state index contributed by atoms with van der Waals surface area (Å²) in [6, 6.07) is 6.09. The van der Waals surface area contributed by atoms with Crippen molar-refractivity contribution in [3.63, 3.8) is 0 Å². The Morgan fingerprint density at radius 2 is 2.00 bits per heavy atom. The smallest absolute Gasteiger partial charge is 0.123 e. The molecule has 19 heavy (non-hydrogen) atoms. The van der Waals surface area contributed by atoms with Gasteiger partial charge in [-0.3, -0.25) is 0 Å². The Kier molecular flexibility index (Phi) is 4.63.